The van der Waals surface area contributed by atoms with Crippen LogP contribution in [0.3, 0.4) is 0 Å². The minimum absolute atomic E-state index is 0.0895. The van der Waals surface area contributed by atoms with E-state index in [-0.39, 0.29) is 27.3 Å². The topological polar surface area (TPSA) is 98.0 Å². The number of hydrogen-bond acceptors (Lipinski definition) is 6. The third-order valence-electron chi connectivity index (χ3n) is 5.22. The number of fused-ring (bicyclic) bond motifs is 1. The molecule has 0 aliphatic heterocycles. The van der Waals surface area contributed by atoms with E-state index in [9.17, 15) is 22.4 Å². The van der Waals surface area contributed by atoms with Gasteiger partial charge < -0.3 is 9.30 Å². The zero-order valence-corrected chi connectivity index (χ0v) is 20.8. The summed E-state index contributed by atoms with van der Waals surface area (Å²) in [6.07, 6.45) is 1.63. The van der Waals surface area contributed by atoms with E-state index in [1.165, 1.54) is 52.4 Å². The van der Waals surface area contributed by atoms with E-state index < -0.39 is 27.7 Å². The number of halogens is 1. The highest BCUT2D eigenvalue weighted by Gasteiger charge is 2.23. The lowest BCUT2D eigenvalue weighted by molar-refractivity contribution is -0.141. The number of carbonyl (C=O) groups is 2. The van der Waals surface area contributed by atoms with Gasteiger partial charge in [-0.1, -0.05) is 37.7 Å². The number of sulfonamides is 1. The maximum atomic E-state index is 14.4. The van der Waals surface area contributed by atoms with E-state index in [0.717, 1.165) is 24.2 Å². The number of benzene rings is 2. The number of aromatic nitrogens is 1. The van der Waals surface area contributed by atoms with E-state index in [0.29, 0.717) is 17.8 Å². The fourth-order valence-corrected chi connectivity index (χ4v) is 5.89. The largest absolute Gasteiger partial charge is 0.468 e. The van der Waals surface area contributed by atoms with Crippen LogP contribution < -0.4 is 4.80 Å². The lowest BCUT2D eigenvalue weighted by atomic mass is 10.2. The summed E-state index contributed by atoms with van der Waals surface area (Å²) in [5.41, 5.74) is 0.315. The number of nitrogens with zero attached hydrogens (tertiary/aromatic N) is 3. The molecule has 1 amide bonds. The van der Waals surface area contributed by atoms with Crippen LogP contribution in [0.25, 0.3) is 10.2 Å². The maximum absolute atomic E-state index is 14.4. The van der Waals surface area contributed by atoms with Crippen LogP contribution in [0.4, 0.5) is 4.39 Å². The molecular formula is C23H26FN3O5S2. The molecule has 3 aromatic rings. The van der Waals surface area contributed by atoms with Crippen LogP contribution in [-0.4, -0.2) is 49.4 Å². The predicted octanol–water partition coefficient (Wildman–Crippen LogP) is 3.57. The lowest BCUT2D eigenvalue weighted by Gasteiger charge is -2.20. The van der Waals surface area contributed by atoms with Gasteiger partial charge in [-0.05, 0) is 42.8 Å². The standard InChI is InChI=1S/C23H26FN3O5S2/c1-4-6-14-26(5-2)34(30,31)17-12-10-16(11-13-17)22(29)25-23-27(15-20(28)32-3)21-18(24)8-7-9-19(21)33-23/h7-13H,4-6,14-15H2,1-3H3. The Morgan fingerprint density at radius 2 is 1.85 bits per heavy atom. The zero-order chi connectivity index (χ0) is 24.9. The molecule has 8 nitrogen and oxygen atoms in total. The second-order valence-corrected chi connectivity index (χ2v) is 10.4. The number of rotatable bonds is 9. The van der Waals surface area contributed by atoms with Crippen molar-refractivity contribution >= 4 is 43.5 Å². The van der Waals surface area contributed by atoms with Gasteiger partial charge in [-0.2, -0.15) is 9.30 Å². The summed E-state index contributed by atoms with van der Waals surface area (Å²) in [7, 11) is -2.46. The van der Waals surface area contributed by atoms with Crippen LogP contribution in [0.5, 0.6) is 0 Å². The predicted molar refractivity (Wildman–Crippen MR) is 127 cm³/mol. The van der Waals surface area contributed by atoms with Gasteiger partial charge in [0, 0.05) is 18.7 Å². The molecule has 0 saturated carbocycles. The van der Waals surface area contributed by atoms with E-state index in [1.807, 2.05) is 6.92 Å². The number of amides is 1. The van der Waals surface area contributed by atoms with Crippen molar-refractivity contribution in [1.82, 2.24) is 8.87 Å². The summed E-state index contributed by atoms with van der Waals surface area (Å²) in [6.45, 7) is 4.23. The molecule has 0 saturated heterocycles. The molecular weight excluding hydrogens is 481 g/mol. The van der Waals surface area contributed by atoms with Gasteiger partial charge in [-0.25, -0.2) is 12.8 Å². The number of hydrogen-bond donors (Lipinski definition) is 0. The quantitative estimate of drug-likeness (QED) is 0.413. The van der Waals surface area contributed by atoms with Gasteiger partial charge in [0.15, 0.2) is 4.80 Å². The van der Waals surface area contributed by atoms with Crippen LogP contribution >= 0.6 is 11.3 Å². The first-order chi connectivity index (χ1) is 16.2. The van der Waals surface area contributed by atoms with Crippen LogP contribution in [0, 0.1) is 5.82 Å². The first-order valence-electron chi connectivity index (χ1n) is 10.8. The summed E-state index contributed by atoms with van der Waals surface area (Å²) < 4.78 is 48.1. The van der Waals surface area contributed by atoms with Gasteiger partial charge in [0.2, 0.25) is 10.0 Å². The molecule has 3 rings (SSSR count). The molecule has 11 heteroatoms. The molecule has 0 N–H and O–H groups in total. The summed E-state index contributed by atoms with van der Waals surface area (Å²) in [6, 6.07) is 9.99. The van der Waals surface area contributed by atoms with Gasteiger partial charge >= 0.3 is 5.97 Å². The Hall–Kier alpha value is -2.89. The van der Waals surface area contributed by atoms with Gasteiger partial charge in [0.25, 0.3) is 5.91 Å². The molecule has 0 radical (unpaired) electrons. The molecule has 0 aliphatic carbocycles. The number of ether oxygens (including phenoxy) is 1. The Balaban J connectivity index is 1.97. The van der Waals surface area contributed by atoms with Crippen molar-refractivity contribution < 1.29 is 27.1 Å². The van der Waals surface area contributed by atoms with Gasteiger partial charge in [-0.3, -0.25) is 9.59 Å². The number of carbonyl (C=O) groups excluding carboxylic acids is 2. The number of unbranched alkanes of at least 4 members (excludes halogenated alkanes) is 1. The van der Waals surface area contributed by atoms with E-state index in [1.54, 1.807) is 13.0 Å². The van der Waals surface area contributed by atoms with Crippen molar-refractivity contribution in [3.05, 3.63) is 58.6 Å². The first kappa shape index (κ1) is 25.7. The van der Waals surface area contributed by atoms with E-state index in [2.05, 4.69) is 9.73 Å². The third kappa shape index (κ3) is 5.43. The Morgan fingerprint density at radius 3 is 2.47 bits per heavy atom. The number of methoxy groups -OCH3 is 1. The molecule has 34 heavy (non-hydrogen) atoms. The van der Waals surface area contributed by atoms with E-state index >= 15 is 0 Å². The number of para-hydroxylation sites is 1. The normalized spacial score (nSPS) is 12.4. The highest BCUT2D eigenvalue weighted by atomic mass is 32.2. The maximum Gasteiger partial charge on any atom is 0.325 e. The number of esters is 1. The molecule has 0 bridgehead atoms. The molecule has 0 spiro atoms. The monoisotopic (exact) mass is 507 g/mol. The molecule has 2 aromatic carbocycles. The Bertz CT molecular complexity index is 1360. The average Bonchev–Trinajstić information content (AvgIpc) is 3.17. The van der Waals surface area contributed by atoms with Crippen molar-refractivity contribution in [2.75, 3.05) is 20.2 Å². The van der Waals surface area contributed by atoms with Crippen LogP contribution in [0.15, 0.2) is 52.4 Å². The second-order valence-electron chi connectivity index (χ2n) is 7.43. The van der Waals surface area contributed by atoms with Gasteiger partial charge in [0.05, 0.1) is 22.2 Å². The molecule has 1 heterocycles. The first-order valence-corrected chi connectivity index (χ1v) is 13.0. The second kappa shape index (κ2) is 11.0. The summed E-state index contributed by atoms with van der Waals surface area (Å²) in [5.74, 6) is -1.81. The van der Waals surface area contributed by atoms with Crippen LogP contribution in [-0.2, 0) is 26.1 Å². The zero-order valence-electron chi connectivity index (χ0n) is 19.2. The van der Waals surface area contributed by atoms with Gasteiger partial charge in [-0.15, -0.1) is 0 Å². The minimum Gasteiger partial charge on any atom is -0.468 e. The molecule has 0 fully saturated rings. The summed E-state index contributed by atoms with van der Waals surface area (Å²) in [5, 5.41) is 0. The van der Waals surface area contributed by atoms with Crippen LogP contribution in [0.2, 0.25) is 0 Å². The molecule has 182 valence electrons. The molecule has 0 atom stereocenters. The SMILES string of the molecule is CCCCN(CC)S(=O)(=O)c1ccc(C(=O)N=c2sc3cccc(F)c3n2CC(=O)OC)cc1. The van der Waals surface area contributed by atoms with Crippen LogP contribution in [0.1, 0.15) is 37.0 Å². The van der Waals surface area contributed by atoms with Crippen molar-refractivity contribution in [3.63, 3.8) is 0 Å². The summed E-state index contributed by atoms with van der Waals surface area (Å²) >= 11 is 1.06. The fraction of sp³-hybridized carbons (Fsp3) is 0.348. The summed E-state index contributed by atoms with van der Waals surface area (Å²) in [4.78, 5) is 29.0. The van der Waals surface area contributed by atoms with Crippen molar-refractivity contribution in [3.8, 4) is 0 Å². The van der Waals surface area contributed by atoms with Gasteiger partial charge in [0.1, 0.15) is 12.4 Å². The smallest absolute Gasteiger partial charge is 0.325 e. The molecule has 0 aliphatic rings. The fourth-order valence-electron chi connectivity index (χ4n) is 3.37. The third-order valence-corrected chi connectivity index (χ3v) is 8.25. The number of thiazole rings is 1. The van der Waals surface area contributed by atoms with Crippen molar-refractivity contribution in [1.29, 1.82) is 0 Å². The highest BCUT2D eigenvalue weighted by Crippen LogP contribution is 2.21. The highest BCUT2D eigenvalue weighted by molar-refractivity contribution is 7.89. The van der Waals surface area contributed by atoms with Crippen molar-refractivity contribution in [2.24, 2.45) is 4.99 Å². The minimum atomic E-state index is -3.67. The Morgan fingerprint density at radius 1 is 1.15 bits per heavy atom. The average molecular weight is 508 g/mol. The Kier molecular flexibility index (Phi) is 8.34. The molecule has 1 aromatic heterocycles. The Labute approximate surface area is 201 Å². The lowest BCUT2D eigenvalue weighted by Crippen LogP contribution is -2.31. The molecule has 0 unspecified atom stereocenters. The van der Waals surface area contributed by atoms with Crippen molar-refractivity contribution in [2.45, 2.75) is 38.1 Å². The van der Waals surface area contributed by atoms with E-state index in [4.69, 9.17) is 0 Å².